The van der Waals surface area contributed by atoms with E-state index in [9.17, 15) is 14.9 Å². The number of carbonyl (C=O) groups excluding carboxylic acids is 2. The SMILES string of the molecule is CCOC(=O)N1CC[NH+](CC(=O)Nc2c(C#N)c(C)c(C)n2C[C@@H]2CCCO2)CC1. The predicted molar refractivity (Wildman–Crippen MR) is 110 cm³/mol. The fraction of sp³-hybridized carbons (Fsp3) is 0.667. The number of ether oxygens (including phenoxy) is 2. The Morgan fingerprint density at radius 2 is 2.07 bits per heavy atom. The first-order valence-electron chi connectivity index (χ1n) is 10.7. The molecule has 30 heavy (non-hydrogen) atoms. The zero-order valence-corrected chi connectivity index (χ0v) is 18.1. The lowest BCUT2D eigenvalue weighted by molar-refractivity contribution is -0.895. The molecule has 164 valence electrons. The molecule has 2 N–H and O–H groups in total. The van der Waals surface area contributed by atoms with Crippen molar-refractivity contribution in [1.29, 1.82) is 5.26 Å². The highest BCUT2D eigenvalue weighted by Crippen LogP contribution is 2.28. The van der Waals surface area contributed by atoms with Crippen LogP contribution in [-0.4, -0.2) is 73.5 Å². The van der Waals surface area contributed by atoms with Gasteiger partial charge in [-0.3, -0.25) is 9.69 Å². The van der Waals surface area contributed by atoms with Gasteiger partial charge in [0.2, 0.25) is 0 Å². The van der Waals surface area contributed by atoms with E-state index >= 15 is 0 Å². The van der Waals surface area contributed by atoms with E-state index in [-0.39, 0.29) is 18.1 Å². The van der Waals surface area contributed by atoms with Crippen LogP contribution in [0.1, 0.15) is 36.6 Å². The van der Waals surface area contributed by atoms with Gasteiger partial charge < -0.3 is 24.3 Å². The number of nitrogens with one attached hydrogen (secondary N) is 2. The summed E-state index contributed by atoms with van der Waals surface area (Å²) >= 11 is 0. The molecule has 2 fully saturated rings. The number of aromatic nitrogens is 1. The topological polar surface area (TPSA) is 101 Å². The summed E-state index contributed by atoms with van der Waals surface area (Å²) < 4.78 is 12.8. The molecule has 0 bridgehead atoms. The molecule has 0 aromatic carbocycles. The van der Waals surface area contributed by atoms with Gasteiger partial charge in [-0.1, -0.05) is 0 Å². The molecule has 0 radical (unpaired) electrons. The largest absolute Gasteiger partial charge is 0.450 e. The van der Waals surface area contributed by atoms with E-state index in [1.807, 2.05) is 18.4 Å². The Morgan fingerprint density at radius 1 is 1.33 bits per heavy atom. The van der Waals surface area contributed by atoms with Gasteiger partial charge in [-0.05, 0) is 39.2 Å². The third-order valence-corrected chi connectivity index (χ3v) is 6.02. The summed E-state index contributed by atoms with van der Waals surface area (Å²) in [6.07, 6.45) is 1.84. The van der Waals surface area contributed by atoms with E-state index in [0.717, 1.165) is 35.6 Å². The van der Waals surface area contributed by atoms with Crippen LogP contribution in [0.2, 0.25) is 0 Å². The van der Waals surface area contributed by atoms with Crippen molar-refractivity contribution in [3.05, 3.63) is 16.8 Å². The Morgan fingerprint density at radius 3 is 2.67 bits per heavy atom. The second-order valence-electron chi connectivity index (χ2n) is 7.95. The number of anilines is 1. The molecule has 1 aromatic rings. The van der Waals surface area contributed by atoms with Crippen LogP contribution < -0.4 is 10.2 Å². The van der Waals surface area contributed by atoms with Crippen LogP contribution in [0.5, 0.6) is 0 Å². The maximum absolute atomic E-state index is 12.8. The molecule has 3 rings (SSSR count). The average Bonchev–Trinajstić information content (AvgIpc) is 3.32. The minimum Gasteiger partial charge on any atom is -0.450 e. The van der Waals surface area contributed by atoms with Gasteiger partial charge >= 0.3 is 6.09 Å². The van der Waals surface area contributed by atoms with E-state index in [0.29, 0.717) is 57.3 Å². The number of piperazine rings is 1. The predicted octanol–water partition coefficient (Wildman–Crippen LogP) is 0.451. The molecule has 2 amide bonds. The Balaban J connectivity index is 1.63. The second-order valence-corrected chi connectivity index (χ2v) is 7.95. The van der Waals surface area contributed by atoms with Gasteiger partial charge in [0.25, 0.3) is 5.91 Å². The van der Waals surface area contributed by atoms with Gasteiger partial charge in [-0.2, -0.15) is 5.26 Å². The first-order valence-corrected chi connectivity index (χ1v) is 10.7. The van der Waals surface area contributed by atoms with E-state index < -0.39 is 0 Å². The van der Waals surface area contributed by atoms with Crippen LogP contribution in [0.3, 0.4) is 0 Å². The van der Waals surface area contributed by atoms with E-state index in [1.165, 1.54) is 0 Å². The third-order valence-electron chi connectivity index (χ3n) is 6.02. The molecule has 2 aliphatic rings. The van der Waals surface area contributed by atoms with Crippen LogP contribution in [0.15, 0.2) is 0 Å². The van der Waals surface area contributed by atoms with Crippen molar-refractivity contribution in [2.45, 2.75) is 46.3 Å². The standard InChI is InChI=1S/C21H31N5O4/c1-4-29-21(28)25-9-7-24(8-10-25)14-19(27)23-20-18(12-22)15(2)16(3)26(20)13-17-6-5-11-30-17/h17H,4-11,13-14H2,1-3H3,(H,23,27)/p+1/t17-/m0/s1. The molecule has 2 saturated heterocycles. The molecule has 1 aromatic heterocycles. The lowest BCUT2D eigenvalue weighted by Crippen LogP contribution is -3.15. The van der Waals surface area contributed by atoms with Crippen molar-refractivity contribution in [2.24, 2.45) is 0 Å². The summed E-state index contributed by atoms with van der Waals surface area (Å²) in [5.74, 6) is 0.440. The zero-order chi connectivity index (χ0) is 21.7. The highest BCUT2D eigenvalue weighted by atomic mass is 16.6. The number of nitrogens with zero attached hydrogens (tertiary/aromatic N) is 3. The summed E-state index contributed by atoms with van der Waals surface area (Å²) in [6, 6.07) is 2.25. The second kappa shape index (κ2) is 9.96. The molecule has 3 heterocycles. The first kappa shape index (κ1) is 22.1. The fourth-order valence-corrected chi connectivity index (χ4v) is 4.15. The molecule has 1 atom stereocenters. The molecular weight excluding hydrogens is 386 g/mol. The van der Waals surface area contributed by atoms with E-state index in [4.69, 9.17) is 9.47 Å². The molecule has 0 aliphatic carbocycles. The van der Waals surface area contributed by atoms with Crippen LogP contribution in [0.25, 0.3) is 0 Å². The fourth-order valence-electron chi connectivity index (χ4n) is 4.15. The molecule has 9 heteroatoms. The quantitative estimate of drug-likeness (QED) is 0.699. The number of nitriles is 1. The van der Waals surface area contributed by atoms with E-state index in [1.54, 1.807) is 11.8 Å². The lowest BCUT2D eigenvalue weighted by atomic mass is 10.2. The van der Waals surface area contributed by atoms with Crippen molar-refractivity contribution in [1.82, 2.24) is 9.47 Å². The average molecular weight is 419 g/mol. The number of hydrogen-bond donors (Lipinski definition) is 2. The summed E-state index contributed by atoms with van der Waals surface area (Å²) in [7, 11) is 0. The Kier molecular flexibility index (Phi) is 7.34. The smallest absolute Gasteiger partial charge is 0.410 e. The van der Waals surface area contributed by atoms with Crippen molar-refractivity contribution in [3.8, 4) is 6.07 Å². The Hall–Kier alpha value is -2.57. The molecule has 0 saturated carbocycles. The Labute approximate surface area is 177 Å². The number of quaternary nitrogens is 1. The minimum absolute atomic E-state index is 0.110. The van der Waals surface area contributed by atoms with Gasteiger partial charge in [0, 0.05) is 12.3 Å². The van der Waals surface area contributed by atoms with Gasteiger partial charge in [-0.15, -0.1) is 0 Å². The van der Waals surface area contributed by atoms with Crippen molar-refractivity contribution < 1.29 is 24.0 Å². The van der Waals surface area contributed by atoms with Gasteiger partial charge in [0.15, 0.2) is 6.54 Å². The maximum atomic E-state index is 12.8. The maximum Gasteiger partial charge on any atom is 0.410 e. The van der Waals surface area contributed by atoms with Crippen molar-refractivity contribution in [2.75, 3.05) is 51.3 Å². The Bertz CT molecular complexity index is 814. The monoisotopic (exact) mass is 418 g/mol. The molecule has 0 spiro atoms. The third kappa shape index (κ3) is 4.94. The number of amides is 2. The van der Waals surface area contributed by atoms with E-state index in [2.05, 4.69) is 11.4 Å². The summed E-state index contributed by atoms with van der Waals surface area (Å²) in [4.78, 5) is 27.4. The van der Waals surface area contributed by atoms with Crippen molar-refractivity contribution >= 4 is 17.8 Å². The molecular formula is C21H32N5O4+. The zero-order valence-electron chi connectivity index (χ0n) is 18.1. The number of hydrogen-bond acceptors (Lipinski definition) is 5. The molecule has 0 unspecified atom stereocenters. The number of carbonyl (C=O) groups is 2. The summed E-state index contributed by atoms with van der Waals surface area (Å²) in [5.41, 5.74) is 2.38. The van der Waals surface area contributed by atoms with Crippen LogP contribution in [0, 0.1) is 25.2 Å². The summed E-state index contributed by atoms with van der Waals surface area (Å²) in [6.45, 7) is 10.2. The number of rotatable bonds is 6. The van der Waals surface area contributed by atoms with Gasteiger partial charge in [-0.25, -0.2) is 4.79 Å². The van der Waals surface area contributed by atoms with Crippen LogP contribution in [-0.2, 0) is 20.8 Å². The first-order chi connectivity index (χ1) is 14.4. The van der Waals surface area contributed by atoms with Crippen molar-refractivity contribution in [3.63, 3.8) is 0 Å². The van der Waals surface area contributed by atoms with Gasteiger partial charge in [0.1, 0.15) is 11.9 Å². The lowest BCUT2D eigenvalue weighted by Gasteiger charge is -2.31. The molecule has 2 aliphatic heterocycles. The highest BCUT2D eigenvalue weighted by Gasteiger charge is 2.28. The summed E-state index contributed by atoms with van der Waals surface area (Å²) in [5, 5.41) is 12.6. The minimum atomic E-state index is -0.294. The van der Waals surface area contributed by atoms with Gasteiger partial charge in [0.05, 0.1) is 51.0 Å². The molecule has 9 nitrogen and oxygen atoms in total. The highest BCUT2D eigenvalue weighted by molar-refractivity contribution is 5.92. The van der Waals surface area contributed by atoms with Crippen LogP contribution >= 0.6 is 0 Å². The van der Waals surface area contributed by atoms with Crippen LogP contribution in [0.4, 0.5) is 10.6 Å². The normalized spacial score (nSPS) is 19.5.